The molecule has 0 aliphatic carbocycles. The normalized spacial score (nSPS) is 10.7. The summed E-state index contributed by atoms with van der Waals surface area (Å²) < 4.78 is 5.52. The maximum atomic E-state index is 12.3. The first kappa shape index (κ1) is 17.3. The molecule has 0 atom stereocenters. The van der Waals surface area contributed by atoms with E-state index in [1.165, 1.54) is 0 Å². The summed E-state index contributed by atoms with van der Waals surface area (Å²) in [7, 11) is 0. The van der Waals surface area contributed by atoms with E-state index in [1.54, 1.807) is 24.3 Å². The Balaban J connectivity index is 2.59. The first-order valence-corrected chi connectivity index (χ1v) is 8.36. The number of hydrogen-bond donors (Lipinski definition) is 0. The molecule has 1 aromatic carbocycles. The van der Waals surface area contributed by atoms with Gasteiger partial charge in [0.25, 0.3) is 5.91 Å². The third-order valence-electron chi connectivity index (χ3n) is 3.20. The average Bonchev–Trinajstić information content (AvgIpc) is 2.46. The highest BCUT2D eigenvalue weighted by molar-refractivity contribution is 9.09. The van der Waals surface area contributed by atoms with E-state index in [0.717, 1.165) is 18.2 Å². The van der Waals surface area contributed by atoms with Crippen molar-refractivity contribution in [3.8, 4) is 5.75 Å². The molecule has 0 spiro atoms. The molecule has 20 heavy (non-hydrogen) atoms. The zero-order chi connectivity index (χ0) is 15.0. The Morgan fingerprint density at radius 2 is 1.90 bits per heavy atom. The lowest BCUT2D eigenvalue weighted by atomic mass is 10.1. The Morgan fingerprint density at radius 3 is 2.40 bits per heavy atom. The highest BCUT2D eigenvalue weighted by atomic mass is 79.9. The molecule has 0 N–H and O–H groups in total. The minimum Gasteiger partial charge on any atom is -0.484 e. The number of benzene rings is 1. The molecule has 0 saturated carbocycles. The topological polar surface area (TPSA) is 29.5 Å². The fraction of sp³-hybridized carbons (Fsp3) is 0.533. The summed E-state index contributed by atoms with van der Waals surface area (Å²) in [4.78, 5) is 14.2. The predicted octanol–water partition coefficient (Wildman–Crippen LogP) is 4.13. The summed E-state index contributed by atoms with van der Waals surface area (Å²) in [5, 5.41) is 1.43. The van der Waals surface area contributed by atoms with Crippen LogP contribution in [0.15, 0.2) is 24.3 Å². The quantitative estimate of drug-likeness (QED) is 0.651. The van der Waals surface area contributed by atoms with E-state index in [1.807, 2.05) is 4.90 Å². The van der Waals surface area contributed by atoms with Crippen molar-refractivity contribution < 1.29 is 9.53 Å². The van der Waals surface area contributed by atoms with Crippen molar-refractivity contribution in [2.45, 2.75) is 32.7 Å². The van der Waals surface area contributed by atoms with Crippen molar-refractivity contribution in [3.05, 3.63) is 29.3 Å². The van der Waals surface area contributed by atoms with Gasteiger partial charge in [-0.05, 0) is 37.1 Å². The Kier molecular flexibility index (Phi) is 8.00. The number of rotatable bonds is 8. The maximum Gasteiger partial charge on any atom is 0.260 e. The number of amides is 1. The van der Waals surface area contributed by atoms with Gasteiger partial charge in [0.15, 0.2) is 6.61 Å². The van der Waals surface area contributed by atoms with E-state index in [4.69, 9.17) is 16.3 Å². The van der Waals surface area contributed by atoms with Crippen molar-refractivity contribution in [1.82, 2.24) is 4.90 Å². The molecule has 0 saturated heterocycles. The second kappa shape index (κ2) is 9.24. The summed E-state index contributed by atoms with van der Waals surface area (Å²) in [6.07, 6.45) is 1.91. The van der Waals surface area contributed by atoms with Gasteiger partial charge in [-0.2, -0.15) is 0 Å². The molecule has 1 rings (SSSR count). The fourth-order valence-corrected chi connectivity index (χ4v) is 2.60. The van der Waals surface area contributed by atoms with Crippen LogP contribution in [-0.4, -0.2) is 35.3 Å². The number of ether oxygens (including phenoxy) is 1. The summed E-state index contributed by atoms with van der Waals surface area (Å²) >= 11 is 9.21. The molecular weight excluding hydrogens is 342 g/mol. The number of carbonyl (C=O) groups is 1. The van der Waals surface area contributed by atoms with E-state index in [2.05, 4.69) is 29.8 Å². The first-order chi connectivity index (χ1) is 9.62. The first-order valence-electron chi connectivity index (χ1n) is 6.86. The van der Waals surface area contributed by atoms with Gasteiger partial charge in [0.1, 0.15) is 5.75 Å². The molecule has 1 aromatic rings. The van der Waals surface area contributed by atoms with Crippen molar-refractivity contribution >= 4 is 33.4 Å². The van der Waals surface area contributed by atoms with E-state index in [0.29, 0.717) is 17.3 Å². The second-order valence-electron chi connectivity index (χ2n) is 4.49. The highest BCUT2D eigenvalue weighted by Gasteiger charge is 2.20. The molecule has 3 nitrogen and oxygen atoms in total. The summed E-state index contributed by atoms with van der Waals surface area (Å²) in [6, 6.07) is 7.30. The van der Waals surface area contributed by atoms with Crippen molar-refractivity contribution in [2.24, 2.45) is 0 Å². The minimum atomic E-state index is 0.0214. The van der Waals surface area contributed by atoms with Gasteiger partial charge in [-0.3, -0.25) is 4.79 Å². The fourth-order valence-electron chi connectivity index (χ4n) is 2.09. The lowest BCUT2D eigenvalue weighted by Crippen LogP contribution is -2.43. The molecule has 0 aliphatic heterocycles. The zero-order valence-corrected chi connectivity index (χ0v) is 14.3. The highest BCUT2D eigenvalue weighted by Crippen LogP contribution is 2.16. The van der Waals surface area contributed by atoms with E-state index < -0.39 is 0 Å². The second-order valence-corrected chi connectivity index (χ2v) is 5.72. The Labute approximate surface area is 134 Å². The average molecular weight is 363 g/mol. The molecule has 0 aliphatic rings. The van der Waals surface area contributed by atoms with Crippen LogP contribution < -0.4 is 4.74 Å². The summed E-state index contributed by atoms with van der Waals surface area (Å²) in [6.45, 7) is 4.96. The van der Waals surface area contributed by atoms with Crippen LogP contribution in [-0.2, 0) is 4.79 Å². The summed E-state index contributed by atoms with van der Waals surface area (Å²) in [5.74, 6) is 0.680. The lowest BCUT2D eigenvalue weighted by molar-refractivity contribution is -0.135. The van der Waals surface area contributed by atoms with Crippen molar-refractivity contribution in [3.63, 3.8) is 0 Å². The minimum absolute atomic E-state index is 0.0214. The molecule has 5 heteroatoms. The summed E-state index contributed by atoms with van der Waals surface area (Å²) in [5.41, 5.74) is 0. The van der Waals surface area contributed by atoms with Gasteiger partial charge in [0.05, 0.1) is 0 Å². The number of halogens is 2. The number of nitrogens with zero attached hydrogens (tertiary/aromatic N) is 1. The molecule has 0 fully saturated rings. The number of alkyl halides is 1. The maximum absolute atomic E-state index is 12.3. The van der Waals surface area contributed by atoms with Gasteiger partial charge in [-0.25, -0.2) is 0 Å². The predicted molar refractivity (Wildman–Crippen MR) is 86.8 cm³/mol. The standard InChI is InChI=1S/C15H21BrClNO2/c1-3-13(4-2)18(10-9-16)15(19)11-20-14-7-5-12(17)6-8-14/h5-8,13H,3-4,9-11H2,1-2H3. The third kappa shape index (κ3) is 5.33. The van der Waals surface area contributed by atoms with Crippen LogP contribution in [0.4, 0.5) is 0 Å². The van der Waals surface area contributed by atoms with E-state index in [9.17, 15) is 4.79 Å². The largest absolute Gasteiger partial charge is 0.484 e. The lowest BCUT2D eigenvalue weighted by Gasteiger charge is -2.30. The van der Waals surface area contributed by atoms with Crippen LogP contribution in [0.2, 0.25) is 5.02 Å². The van der Waals surface area contributed by atoms with E-state index >= 15 is 0 Å². The molecule has 0 bridgehead atoms. The van der Waals surface area contributed by atoms with Crippen LogP contribution >= 0.6 is 27.5 Å². The third-order valence-corrected chi connectivity index (χ3v) is 3.81. The van der Waals surface area contributed by atoms with Crippen LogP contribution in [0.3, 0.4) is 0 Å². The van der Waals surface area contributed by atoms with Gasteiger partial charge in [0.2, 0.25) is 0 Å². The Morgan fingerprint density at radius 1 is 1.30 bits per heavy atom. The molecule has 0 radical (unpaired) electrons. The number of hydrogen-bond acceptors (Lipinski definition) is 2. The van der Waals surface area contributed by atoms with Crippen LogP contribution in [0.1, 0.15) is 26.7 Å². The Hall–Kier alpha value is -0.740. The van der Waals surface area contributed by atoms with Crippen molar-refractivity contribution in [1.29, 1.82) is 0 Å². The molecular formula is C15H21BrClNO2. The zero-order valence-electron chi connectivity index (χ0n) is 11.9. The van der Waals surface area contributed by atoms with Crippen LogP contribution in [0.5, 0.6) is 5.75 Å². The molecule has 1 amide bonds. The SMILES string of the molecule is CCC(CC)N(CCBr)C(=O)COc1ccc(Cl)cc1. The van der Waals surface area contributed by atoms with E-state index in [-0.39, 0.29) is 18.6 Å². The Bertz CT molecular complexity index is 407. The van der Waals surface area contributed by atoms with Gasteiger partial charge < -0.3 is 9.64 Å². The van der Waals surface area contributed by atoms with Gasteiger partial charge >= 0.3 is 0 Å². The molecule has 0 aromatic heterocycles. The molecule has 0 unspecified atom stereocenters. The van der Waals surface area contributed by atoms with Gasteiger partial charge in [-0.15, -0.1) is 0 Å². The van der Waals surface area contributed by atoms with Crippen LogP contribution in [0, 0.1) is 0 Å². The van der Waals surface area contributed by atoms with Gasteiger partial charge in [-0.1, -0.05) is 41.4 Å². The van der Waals surface area contributed by atoms with Crippen molar-refractivity contribution in [2.75, 3.05) is 18.5 Å². The smallest absolute Gasteiger partial charge is 0.260 e. The van der Waals surface area contributed by atoms with Crippen LogP contribution in [0.25, 0.3) is 0 Å². The molecule has 112 valence electrons. The van der Waals surface area contributed by atoms with Gasteiger partial charge in [0, 0.05) is 22.9 Å². The monoisotopic (exact) mass is 361 g/mol. The number of carbonyl (C=O) groups excluding carboxylic acids is 1. The molecule has 0 heterocycles.